The van der Waals surface area contributed by atoms with Crippen molar-refractivity contribution in [2.45, 2.75) is 48.7 Å². The fourth-order valence-electron chi connectivity index (χ4n) is 3.42. The number of rotatable bonds is 5. The first-order valence-corrected chi connectivity index (χ1v) is 9.37. The average molecular weight is 305 g/mol. The molecule has 0 amide bonds. The van der Waals surface area contributed by atoms with Crippen molar-refractivity contribution in [3.63, 3.8) is 0 Å². The number of nitrogens with zero attached hydrogens (tertiary/aromatic N) is 1. The number of thioether (sulfide) groups is 1. The molecule has 2 nitrogen and oxygen atoms in total. The summed E-state index contributed by atoms with van der Waals surface area (Å²) in [6.45, 7) is 3.64. The van der Waals surface area contributed by atoms with Gasteiger partial charge in [0.15, 0.2) is 0 Å². The van der Waals surface area contributed by atoms with E-state index in [0.29, 0.717) is 0 Å². The first kappa shape index (κ1) is 15.2. The quantitative estimate of drug-likeness (QED) is 0.863. The van der Waals surface area contributed by atoms with Crippen LogP contribution in [-0.2, 0) is 0 Å². The second-order valence-electron chi connectivity index (χ2n) is 6.65. The van der Waals surface area contributed by atoms with Gasteiger partial charge in [0, 0.05) is 22.4 Å². The highest BCUT2D eigenvalue weighted by molar-refractivity contribution is 8.00. The highest BCUT2D eigenvalue weighted by atomic mass is 32.2. The summed E-state index contributed by atoms with van der Waals surface area (Å²) in [6, 6.07) is 8.89. The van der Waals surface area contributed by atoms with Crippen molar-refractivity contribution in [1.29, 1.82) is 0 Å². The lowest BCUT2D eigenvalue weighted by atomic mass is 9.97. The molecular weight excluding hydrogens is 276 g/mol. The summed E-state index contributed by atoms with van der Waals surface area (Å²) in [4.78, 5) is 3.90. The van der Waals surface area contributed by atoms with Gasteiger partial charge in [0.2, 0.25) is 0 Å². The number of anilines is 1. The zero-order valence-corrected chi connectivity index (χ0v) is 14.0. The lowest BCUT2D eigenvalue weighted by Gasteiger charge is -2.29. The van der Waals surface area contributed by atoms with Gasteiger partial charge in [-0.15, -0.1) is 11.8 Å². The van der Waals surface area contributed by atoms with Crippen LogP contribution in [0, 0.1) is 5.92 Å². The van der Waals surface area contributed by atoms with Crippen molar-refractivity contribution in [1.82, 2.24) is 4.90 Å². The van der Waals surface area contributed by atoms with Crippen LogP contribution in [-0.4, -0.2) is 36.8 Å². The summed E-state index contributed by atoms with van der Waals surface area (Å²) in [5, 5.41) is 4.58. The number of likely N-dealkylation sites (tertiary alicyclic amines) is 1. The van der Waals surface area contributed by atoms with E-state index < -0.39 is 0 Å². The van der Waals surface area contributed by atoms with Crippen LogP contribution >= 0.6 is 11.8 Å². The highest BCUT2D eigenvalue weighted by Crippen LogP contribution is 2.38. The predicted molar refractivity (Wildman–Crippen MR) is 93.3 cm³/mol. The Morgan fingerprint density at radius 3 is 2.57 bits per heavy atom. The molecule has 1 aliphatic carbocycles. The number of hydrogen-bond donors (Lipinski definition) is 1. The Kier molecular flexibility index (Phi) is 5.48. The van der Waals surface area contributed by atoms with Gasteiger partial charge in [0.1, 0.15) is 0 Å². The topological polar surface area (TPSA) is 15.3 Å². The van der Waals surface area contributed by atoms with E-state index in [0.717, 1.165) is 17.7 Å². The van der Waals surface area contributed by atoms with E-state index in [1.807, 2.05) is 0 Å². The van der Waals surface area contributed by atoms with Gasteiger partial charge < -0.3 is 10.2 Å². The third kappa shape index (κ3) is 4.40. The fourth-order valence-corrected chi connectivity index (χ4v) is 4.77. The molecule has 116 valence electrons. The van der Waals surface area contributed by atoms with E-state index in [-0.39, 0.29) is 0 Å². The van der Waals surface area contributed by atoms with Crippen LogP contribution in [0.15, 0.2) is 29.2 Å². The Labute approximate surface area is 133 Å². The highest BCUT2D eigenvalue weighted by Gasteiger charge is 2.19. The minimum Gasteiger partial charge on any atom is -0.384 e. The Balaban J connectivity index is 1.54. The molecule has 1 N–H and O–H groups in total. The van der Waals surface area contributed by atoms with Crippen LogP contribution in [0.25, 0.3) is 0 Å². The minimum atomic E-state index is 0.839. The molecule has 0 spiro atoms. The van der Waals surface area contributed by atoms with E-state index >= 15 is 0 Å². The third-order valence-corrected chi connectivity index (χ3v) is 6.32. The summed E-state index contributed by atoms with van der Waals surface area (Å²) < 4.78 is 0. The van der Waals surface area contributed by atoms with Gasteiger partial charge >= 0.3 is 0 Å². The van der Waals surface area contributed by atoms with E-state index in [2.05, 4.69) is 53.3 Å². The monoisotopic (exact) mass is 304 g/mol. The third-order valence-electron chi connectivity index (χ3n) is 4.90. The average Bonchev–Trinajstić information content (AvgIpc) is 3.01. The summed E-state index contributed by atoms with van der Waals surface area (Å²) in [6.07, 6.45) is 8.30. The predicted octanol–water partition coefficient (Wildman–Crippen LogP) is 4.48. The van der Waals surface area contributed by atoms with Gasteiger partial charge in [0.25, 0.3) is 0 Å². The Bertz CT molecular complexity index is 435. The van der Waals surface area contributed by atoms with Crippen LogP contribution in [0.5, 0.6) is 0 Å². The van der Waals surface area contributed by atoms with E-state index in [4.69, 9.17) is 0 Å². The second kappa shape index (κ2) is 7.55. The van der Waals surface area contributed by atoms with Crippen LogP contribution in [0.1, 0.15) is 38.5 Å². The van der Waals surface area contributed by atoms with Gasteiger partial charge in [-0.25, -0.2) is 0 Å². The smallest absolute Gasteiger partial charge is 0.0478 e. The normalized spacial score (nSPS) is 21.8. The van der Waals surface area contributed by atoms with Gasteiger partial charge in [-0.2, -0.15) is 0 Å². The summed E-state index contributed by atoms with van der Waals surface area (Å²) >= 11 is 2.09. The molecule has 1 aliphatic heterocycles. The zero-order chi connectivity index (χ0) is 14.5. The number of nitrogens with one attached hydrogen (secondary N) is 1. The maximum absolute atomic E-state index is 3.73. The molecule has 1 saturated carbocycles. The van der Waals surface area contributed by atoms with Crippen LogP contribution < -0.4 is 5.32 Å². The van der Waals surface area contributed by atoms with Crippen molar-refractivity contribution < 1.29 is 0 Å². The number of piperidine rings is 1. The molecule has 1 heterocycles. The molecule has 1 aromatic carbocycles. The van der Waals surface area contributed by atoms with Crippen LogP contribution in [0.4, 0.5) is 5.69 Å². The number of hydrogen-bond acceptors (Lipinski definition) is 3. The molecule has 0 atom stereocenters. The summed E-state index contributed by atoms with van der Waals surface area (Å²) in [7, 11) is 2.23. The molecule has 0 radical (unpaired) electrons. The van der Waals surface area contributed by atoms with Crippen molar-refractivity contribution >= 4 is 17.4 Å². The molecule has 2 fully saturated rings. The lowest BCUT2D eigenvalue weighted by molar-refractivity contribution is 0.226. The largest absolute Gasteiger partial charge is 0.384 e. The molecule has 21 heavy (non-hydrogen) atoms. The van der Waals surface area contributed by atoms with E-state index in [1.165, 1.54) is 62.2 Å². The van der Waals surface area contributed by atoms with E-state index in [1.54, 1.807) is 0 Å². The lowest BCUT2D eigenvalue weighted by Crippen LogP contribution is -2.33. The molecular formula is C18H28N2S. The summed E-state index contributed by atoms with van der Waals surface area (Å²) in [5.74, 6) is 0.839. The van der Waals surface area contributed by atoms with E-state index in [9.17, 15) is 0 Å². The molecule has 2 aliphatic rings. The molecule has 1 aromatic rings. The molecule has 1 saturated heterocycles. The van der Waals surface area contributed by atoms with Gasteiger partial charge in [-0.3, -0.25) is 0 Å². The molecule has 3 rings (SSSR count). The first-order chi connectivity index (χ1) is 10.3. The maximum atomic E-state index is 3.73. The SMILES string of the molecule is CN1CCC(CNc2ccccc2SC2CCCC2)CC1. The Morgan fingerprint density at radius 2 is 1.81 bits per heavy atom. The first-order valence-electron chi connectivity index (χ1n) is 8.49. The maximum Gasteiger partial charge on any atom is 0.0478 e. The molecule has 0 bridgehead atoms. The zero-order valence-electron chi connectivity index (χ0n) is 13.2. The van der Waals surface area contributed by atoms with Crippen LogP contribution in [0.2, 0.25) is 0 Å². The molecule has 0 aromatic heterocycles. The minimum absolute atomic E-state index is 0.839. The molecule has 0 unspecified atom stereocenters. The Morgan fingerprint density at radius 1 is 1.10 bits per heavy atom. The molecule has 3 heteroatoms. The standard InChI is InChI=1S/C18H28N2S/c1-20-12-10-15(11-13-20)14-19-17-8-4-5-9-18(17)21-16-6-2-3-7-16/h4-5,8-9,15-16,19H,2-3,6-7,10-14H2,1H3. The van der Waals surface area contributed by atoms with Gasteiger partial charge in [-0.05, 0) is 63.9 Å². The van der Waals surface area contributed by atoms with Crippen molar-refractivity contribution in [2.75, 3.05) is 32.0 Å². The van der Waals surface area contributed by atoms with Crippen molar-refractivity contribution in [2.24, 2.45) is 5.92 Å². The Hall–Kier alpha value is -0.670. The second-order valence-corrected chi connectivity index (χ2v) is 7.99. The van der Waals surface area contributed by atoms with Crippen LogP contribution in [0.3, 0.4) is 0 Å². The fraction of sp³-hybridized carbons (Fsp3) is 0.667. The van der Waals surface area contributed by atoms with Gasteiger partial charge in [-0.1, -0.05) is 25.0 Å². The van der Waals surface area contributed by atoms with Crippen molar-refractivity contribution in [3.8, 4) is 0 Å². The number of benzene rings is 1. The van der Waals surface area contributed by atoms with Gasteiger partial charge in [0.05, 0.1) is 0 Å². The summed E-state index contributed by atoms with van der Waals surface area (Å²) in [5.41, 5.74) is 1.35. The van der Waals surface area contributed by atoms with Crippen molar-refractivity contribution in [3.05, 3.63) is 24.3 Å². The number of para-hydroxylation sites is 1.